The Bertz CT molecular complexity index is 597. The van der Waals surface area contributed by atoms with Crippen LogP contribution < -0.4 is 0 Å². The van der Waals surface area contributed by atoms with Gasteiger partial charge in [0.1, 0.15) is 0 Å². The molecule has 0 aliphatic carbocycles. The van der Waals surface area contributed by atoms with Crippen molar-refractivity contribution < 1.29 is 9.53 Å². The highest BCUT2D eigenvalue weighted by molar-refractivity contribution is 6.30. The highest BCUT2D eigenvalue weighted by Crippen LogP contribution is 2.19. The second-order valence-corrected chi connectivity index (χ2v) is 4.36. The van der Waals surface area contributed by atoms with E-state index in [1.165, 1.54) is 6.20 Å². The van der Waals surface area contributed by atoms with Crippen LogP contribution in [0.3, 0.4) is 0 Å². The predicted molar refractivity (Wildman–Crippen MR) is 73.2 cm³/mol. The molecule has 0 fully saturated rings. The van der Waals surface area contributed by atoms with Crippen molar-refractivity contribution in [2.45, 2.75) is 13.8 Å². The van der Waals surface area contributed by atoms with E-state index < -0.39 is 5.97 Å². The maximum Gasteiger partial charge on any atom is 0.341 e. The Kier molecular flexibility index (Phi) is 4.12. The van der Waals surface area contributed by atoms with Crippen LogP contribution in [0.5, 0.6) is 0 Å². The standard InChI is InChI=1S/C14H13ClN2O2/c1-3-19-14(18)12-8-16-13(17-9(12)2)10-4-6-11(15)7-5-10/h4-8H,3H2,1-2H3. The van der Waals surface area contributed by atoms with Gasteiger partial charge in [-0.3, -0.25) is 0 Å². The fourth-order valence-corrected chi connectivity index (χ4v) is 1.74. The van der Waals surface area contributed by atoms with Gasteiger partial charge in [0.05, 0.1) is 17.9 Å². The zero-order valence-corrected chi connectivity index (χ0v) is 11.4. The summed E-state index contributed by atoms with van der Waals surface area (Å²) < 4.78 is 4.93. The molecule has 0 radical (unpaired) electrons. The predicted octanol–water partition coefficient (Wildman–Crippen LogP) is 3.28. The minimum absolute atomic E-state index is 0.331. The maximum absolute atomic E-state index is 11.6. The highest BCUT2D eigenvalue weighted by Gasteiger charge is 2.13. The molecule has 0 bridgehead atoms. The number of halogens is 1. The van der Waals surface area contributed by atoms with Gasteiger partial charge in [-0.1, -0.05) is 11.6 Å². The fourth-order valence-electron chi connectivity index (χ4n) is 1.61. The Labute approximate surface area is 116 Å². The molecule has 0 atom stereocenters. The molecule has 0 aliphatic heterocycles. The quantitative estimate of drug-likeness (QED) is 0.807. The van der Waals surface area contributed by atoms with E-state index in [0.717, 1.165) is 5.56 Å². The van der Waals surface area contributed by atoms with Crippen LogP contribution in [0, 0.1) is 6.92 Å². The van der Waals surface area contributed by atoms with Crippen molar-refractivity contribution in [2.24, 2.45) is 0 Å². The van der Waals surface area contributed by atoms with Gasteiger partial charge in [0.15, 0.2) is 5.82 Å². The van der Waals surface area contributed by atoms with Gasteiger partial charge in [-0.2, -0.15) is 0 Å². The van der Waals surface area contributed by atoms with Gasteiger partial charge in [0.2, 0.25) is 0 Å². The minimum atomic E-state index is -0.400. The molecule has 19 heavy (non-hydrogen) atoms. The second kappa shape index (κ2) is 5.80. The number of hydrogen-bond donors (Lipinski definition) is 0. The van der Waals surface area contributed by atoms with Crippen molar-refractivity contribution in [2.75, 3.05) is 6.61 Å². The van der Waals surface area contributed by atoms with Gasteiger partial charge in [0, 0.05) is 16.8 Å². The van der Waals surface area contributed by atoms with Gasteiger partial charge >= 0.3 is 5.97 Å². The Morgan fingerprint density at radius 2 is 2.00 bits per heavy atom. The summed E-state index contributed by atoms with van der Waals surface area (Å²) in [6, 6.07) is 7.21. The molecule has 1 heterocycles. The lowest BCUT2D eigenvalue weighted by molar-refractivity contribution is 0.0524. The first-order chi connectivity index (χ1) is 9.11. The molecule has 5 heteroatoms. The molecule has 0 saturated carbocycles. The first-order valence-electron chi connectivity index (χ1n) is 5.88. The average molecular weight is 277 g/mol. The SMILES string of the molecule is CCOC(=O)c1cnc(-c2ccc(Cl)cc2)nc1C. The van der Waals surface area contributed by atoms with E-state index in [2.05, 4.69) is 9.97 Å². The number of nitrogens with zero attached hydrogens (tertiary/aromatic N) is 2. The van der Waals surface area contributed by atoms with Gasteiger partial charge in [0.25, 0.3) is 0 Å². The van der Waals surface area contributed by atoms with Crippen LogP contribution in [-0.2, 0) is 4.74 Å². The zero-order valence-electron chi connectivity index (χ0n) is 10.7. The zero-order chi connectivity index (χ0) is 13.8. The number of aromatic nitrogens is 2. The summed E-state index contributed by atoms with van der Waals surface area (Å²) in [6.07, 6.45) is 1.49. The molecular formula is C14H13ClN2O2. The van der Waals surface area contributed by atoms with Gasteiger partial charge in [-0.15, -0.1) is 0 Å². The normalized spacial score (nSPS) is 10.3. The second-order valence-electron chi connectivity index (χ2n) is 3.92. The summed E-state index contributed by atoms with van der Waals surface area (Å²) in [5, 5.41) is 0.656. The summed E-state index contributed by atoms with van der Waals surface area (Å²) in [6.45, 7) is 3.85. The third kappa shape index (κ3) is 3.09. The Morgan fingerprint density at radius 1 is 1.32 bits per heavy atom. The molecule has 0 saturated heterocycles. The molecule has 2 rings (SSSR count). The molecule has 0 aliphatic rings. The molecule has 0 amide bonds. The summed E-state index contributed by atoms with van der Waals surface area (Å²) in [7, 11) is 0. The van der Waals surface area contributed by atoms with Crippen molar-refractivity contribution in [3.63, 3.8) is 0 Å². The van der Waals surface area contributed by atoms with Crippen LogP contribution in [0.15, 0.2) is 30.5 Å². The Morgan fingerprint density at radius 3 is 2.58 bits per heavy atom. The average Bonchev–Trinajstić information content (AvgIpc) is 2.39. The topological polar surface area (TPSA) is 52.1 Å². The van der Waals surface area contributed by atoms with E-state index in [9.17, 15) is 4.79 Å². The Hall–Kier alpha value is -1.94. The smallest absolute Gasteiger partial charge is 0.341 e. The van der Waals surface area contributed by atoms with Crippen molar-refractivity contribution >= 4 is 17.6 Å². The molecular weight excluding hydrogens is 264 g/mol. The summed E-state index contributed by atoms with van der Waals surface area (Å²) in [4.78, 5) is 20.1. The van der Waals surface area contributed by atoms with E-state index in [1.807, 2.05) is 12.1 Å². The third-order valence-corrected chi connectivity index (χ3v) is 2.83. The Balaban J connectivity index is 2.33. The van der Waals surface area contributed by atoms with E-state index >= 15 is 0 Å². The van der Waals surface area contributed by atoms with E-state index in [-0.39, 0.29) is 0 Å². The number of esters is 1. The lowest BCUT2D eigenvalue weighted by Crippen LogP contribution is -2.09. The van der Waals surface area contributed by atoms with Crippen LogP contribution in [0.4, 0.5) is 0 Å². The van der Waals surface area contributed by atoms with E-state index in [1.54, 1.807) is 26.0 Å². The number of hydrogen-bond acceptors (Lipinski definition) is 4. The molecule has 0 unspecified atom stereocenters. The summed E-state index contributed by atoms with van der Waals surface area (Å²) >= 11 is 5.83. The number of ether oxygens (including phenoxy) is 1. The number of carbonyl (C=O) groups is 1. The van der Waals surface area contributed by atoms with Crippen LogP contribution in [-0.4, -0.2) is 22.5 Å². The maximum atomic E-state index is 11.6. The van der Waals surface area contributed by atoms with Crippen molar-refractivity contribution in [3.8, 4) is 11.4 Å². The number of rotatable bonds is 3. The number of benzene rings is 1. The monoisotopic (exact) mass is 276 g/mol. The van der Waals surface area contributed by atoms with Crippen LogP contribution in [0.1, 0.15) is 23.0 Å². The lowest BCUT2D eigenvalue weighted by atomic mass is 10.2. The fraction of sp³-hybridized carbons (Fsp3) is 0.214. The van der Waals surface area contributed by atoms with Crippen LogP contribution >= 0.6 is 11.6 Å². The highest BCUT2D eigenvalue weighted by atomic mass is 35.5. The first-order valence-corrected chi connectivity index (χ1v) is 6.26. The molecule has 0 spiro atoms. The summed E-state index contributed by atoms with van der Waals surface area (Å²) in [5.74, 6) is 0.157. The van der Waals surface area contributed by atoms with Crippen LogP contribution in [0.2, 0.25) is 5.02 Å². The largest absolute Gasteiger partial charge is 0.462 e. The van der Waals surface area contributed by atoms with Gasteiger partial charge in [-0.25, -0.2) is 14.8 Å². The van der Waals surface area contributed by atoms with E-state index in [4.69, 9.17) is 16.3 Å². The molecule has 98 valence electrons. The summed E-state index contributed by atoms with van der Waals surface area (Å²) in [5.41, 5.74) is 1.83. The van der Waals surface area contributed by atoms with Crippen molar-refractivity contribution in [1.82, 2.24) is 9.97 Å². The third-order valence-electron chi connectivity index (χ3n) is 2.58. The number of aryl methyl sites for hydroxylation is 1. The molecule has 4 nitrogen and oxygen atoms in total. The lowest BCUT2D eigenvalue weighted by Gasteiger charge is -2.06. The van der Waals surface area contributed by atoms with Crippen molar-refractivity contribution in [3.05, 3.63) is 46.7 Å². The number of carbonyl (C=O) groups excluding carboxylic acids is 1. The first kappa shape index (κ1) is 13.5. The van der Waals surface area contributed by atoms with Crippen LogP contribution in [0.25, 0.3) is 11.4 Å². The molecule has 0 N–H and O–H groups in total. The molecule has 2 aromatic rings. The van der Waals surface area contributed by atoms with Gasteiger partial charge < -0.3 is 4.74 Å². The van der Waals surface area contributed by atoms with Crippen molar-refractivity contribution in [1.29, 1.82) is 0 Å². The molecule has 1 aromatic carbocycles. The minimum Gasteiger partial charge on any atom is -0.462 e. The van der Waals surface area contributed by atoms with Gasteiger partial charge in [-0.05, 0) is 38.1 Å². The van der Waals surface area contributed by atoms with E-state index in [0.29, 0.717) is 28.7 Å². The molecule has 1 aromatic heterocycles.